The summed E-state index contributed by atoms with van der Waals surface area (Å²) in [7, 11) is 3.78. The summed E-state index contributed by atoms with van der Waals surface area (Å²) in [6.45, 7) is 4.09. The maximum absolute atomic E-state index is 13.1. The molecule has 0 unspecified atom stereocenters. The van der Waals surface area contributed by atoms with Gasteiger partial charge >= 0.3 is 0 Å². The molecule has 0 spiro atoms. The predicted octanol–water partition coefficient (Wildman–Crippen LogP) is 0.442. The van der Waals surface area contributed by atoms with Crippen LogP contribution in [-0.4, -0.2) is 46.2 Å². The SMILES string of the molecule is COc1ccc(NC(=O)[C@@H](c2ccccc2)[NH+]2CC[NH+](C)CC2)cc1Cl. The Kier molecular flexibility index (Phi) is 6.14. The number of likely N-dealkylation sites (N-methyl/N-ethyl adjacent to an activating group) is 1. The summed E-state index contributed by atoms with van der Waals surface area (Å²) in [4.78, 5) is 16.0. The van der Waals surface area contributed by atoms with E-state index in [9.17, 15) is 4.79 Å². The molecule has 6 heteroatoms. The molecule has 1 aliphatic rings. The maximum Gasteiger partial charge on any atom is 0.287 e. The molecule has 2 aromatic carbocycles. The molecule has 26 heavy (non-hydrogen) atoms. The molecule has 0 bridgehead atoms. The van der Waals surface area contributed by atoms with Gasteiger partial charge in [0.05, 0.1) is 19.2 Å². The Labute approximate surface area is 159 Å². The van der Waals surface area contributed by atoms with Crippen LogP contribution in [0.5, 0.6) is 5.75 Å². The monoisotopic (exact) mass is 375 g/mol. The lowest BCUT2D eigenvalue weighted by atomic mass is 10.0. The normalized spacial score (nSPS) is 21.0. The van der Waals surface area contributed by atoms with E-state index in [-0.39, 0.29) is 11.9 Å². The average molecular weight is 376 g/mol. The first-order valence-electron chi connectivity index (χ1n) is 8.93. The van der Waals surface area contributed by atoms with E-state index in [0.717, 1.165) is 31.7 Å². The first kappa shape index (κ1) is 18.7. The third-order valence-corrected chi connectivity index (χ3v) is 5.26. The summed E-state index contributed by atoms with van der Waals surface area (Å²) in [5.41, 5.74) is 1.72. The molecule has 0 aromatic heterocycles. The second-order valence-corrected chi connectivity index (χ2v) is 7.20. The standard InChI is InChI=1S/C20H24ClN3O2/c1-23-10-12-24(13-11-23)19(15-6-4-3-5-7-15)20(25)22-16-8-9-18(26-2)17(21)14-16/h3-9,14,19H,10-13H2,1-2H3,(H,22,25)/p+2/t19-/m1/s1. The van der Waals surface area contributed by atoms with Crippen molar-refractivity contribution in [3.8, 4) is 5.75 Å². The topological polar surface area (TPSA) is 47.2 Å². The lowest BCUT2D eigenvalue weighted by molar-refractivity contribution is -1.01. The fourth-order valence-corrected chi connectivity index (χ4v) is 3.72. The van der Waals surface area contributed by atoms with Crippen molar-refractivity contribution in [2.75, 3.05) is 45.7 Å². The molecule has 1 aliphatic heterocycles. The minimum Gasteiger partial charge on any atom is -0.495 e. The van der Waals surface area contributed by atoms with E-state index >= 15 is 0 Å². The molecule has 0 saturated carbocycles. The van der Waals surface area contributed by atoms with Crippen molar-refractivity contribution < 1.29 is 19.3 Å². The molecule has 1 atom stereocenters. The Hall–Kier alpha value is -2.08. The van der Waals surface area contributed by atoms with E-state index in [1.54, 1.807) is 19.2 Å². The molecule has 2 aromatic rings. The fourth-order valence-electron chi connectivity index (χ4n) is 3.46. The van der Waals surface area contributed by atoms with E-state index in [1.807, 2.05) is 36.4 Å². The largest absolute Gasteiger partial charge is 0.495 e. The van der Waals surface area contributed by atoms with Crippen LogP contribution in [0.2, 0.25) is 5.02 Å². The van der Waals surface area contributed by atoms with Crippen molar-refractivity contribution >= 4 is 23.2 Å². The zero-order valence-electron chi connectivity index (χ0n) is 15.2. The van der Waals surface area contributed by atoms with Gasteiger partial charge in [0.15, 0.2) is 6.04 Å². The van der Waals surface area contributed by atoms with Gasteiger partial charge in [-0.3, -0.25) is 4.79 Å². The van der Waals surface area contributed by atoms with Gasteiger partial charge in [0.1, 0.15) is 31.9 Å². The third-order valence-electron chi connectivity index (χ3n) is 4.97. The van der Waals surface area contributed by atoms with E-state index in [0.29, 0.717) is 16.5 Å². The van der Waals surface area contributed by atoms with Crippen LogP contribution in [0.1, 0.15) is 11.6 Å². The number of carbonyl (C=O) groups excluding carboxylic acids is 1. The van der Waals surface area contributed by atoms with Crippen LogP contribution in [0.25, 0.3) is 0 Å². The Bertz CT molecular complexity index is 746. The molecule has 0 radical (unpaired) electrons. The molecule has 1 heterocycles. The zero-order chi connectivity index (χ0) is 18.5. The van der Waals surface area contributed by atoms with Gasteiger partial charge in [0.2, 0.25) is 0 Å². The number of hydrogen-bond acceptors (Lipinski definition) is 2. The molecule has 0 aliphatic carbocycles. The fraction of sp³-hybridized carbons (Fsp3) is 0.350. The zero-order valence-corrected chi connectivity index (χ0v) is 16.0. The molecule has 1 fully saturated rings. The smallest absolute Gasteiger partial charge is 0.287 e. The maximum atomic E-state index is 13.1. The number of anilines is 1. The number of rotatable bonds is 5. The van der Waals surface area contributed by atoms with E-state index < -0.39 is 0 Å². The van der Waals surface area contributed by atoms with E-state index in [2.05, 4.69) is 12.4 Å². The number of nitrogens with one attached hydrogen (secondary N) is 3. The Morgan fingerprint density at radius 1 is 1.12 bits per heavy atom. The molecule has 1 saturated heterocycles. The summed E-state index contributed by atoms with van der Waals surface area (Å²) in [5.74, 6) is 0.587. The van der Waals surface area contributed by atoms with Crippen LogP contribution >= 0.6 is 11.6 Å². The highest BCUT2D eigenvalue weighted by Gasteiger charge is 2.34. The van der Waals surface area contributed by atoms with Gasteiger partial charge in [-0.1, -0.05) is 41.9 Å². The minimum absolute atomic E-state index is 0.00742. The molecular weight excluding hydrogens is 350 g/mol. The number of benzene rings is 2. The number of ether oxygens (including phenoxy) is 1. The number of carbonyl (C=O) groups is 1. The van der Waals surface area contributed by atoms with Crippen LogP contribution in [0.15, 0.2) is 48.5 Å². The molecule has 1 amide bonds. The average Bonchev–Trinajstić information content (AvgIpc) is 2.65. The highest BCUT2D eigenvalue weighted by molar-refractivity contribution is 6.32. The molecular formula is C20H26ClN3O2+2. The van der Waals surface area contributed by atoms with Gasteiger partial charge in [-0.15, -0.1) is 0 Å². The van der Waals surface area contributed by atoms with Gasteiger partial charge < -0.3 is 19.9 Å². The van der Waals surface area contributed by atoms with Gasteiger partial charge in [-0.05, 0) is 18.2 Å². The van der Waals surface area contributed by atoms with Crippen molar-refractivity contribution in [2.24, 2.45) is 0 Å². The second-order valence-electron chi connectivity index (χ2n) is 6.80. The summed E-state index contributed by atoms with van der Waals surface area (Å²) in [6, 6.07) is 15.1. The van der Waals surface area contributed by atoms with Crippen molar-refractivity contribution in [3.05, 3.63) is 59.1 Å². The predicted molar refractivity (Wildman–Crippen MR) is 103 cm³/mol. The van der Waals surface area contributed by atoms with Crippen LogP contribution in [0.4, 0.5) is 5.69 Å². The highest BCUT2D eigenvalue weighted by atomic mass is 35.5. The first-order valence-corrected chi connectivity index (χ1v) is 9.31. The van der Waals surface area contributed by atoms with Crippen molar-refractivity contribution in [1.82, 2.24) is 0 Å². The van der Waals surface area contributed by atoms with Crippen molar-refractivity contribution in [1.29, 1.82) is 0 Å². The van der Waals surface area contributed by atoms with E-state index in [4.69, 9.17) is 16.3 Å². The number of piperazine rings is 1. The Balaban J connectivity index is 1.82. The number of hydrogen-bond donors (Lipinski definition) is 3. The summed E-state index contributed by atoms with van der Waals surface area (Å²) < 4.78 is 5.18. The second kappa shape index (κ2) is 8.54. The van der Waals surface area contributed by atoms with Gasteiger partial charge in [-0.25, -0.2) is 0 Å². The van der Waals surface area contributed by atoms with Gasteiger partial charge in [0.25, 0.3) is 5.91 Å². The highest BCUT2D eigenvalue weighted by Crippen LogP contribution is 2.27. The van der Waals surface area contributed by atoms with E-state index in [1.165, 1.54) is 9.80 Å². The van der Waals surface area contributed by atoms with Crippen LogP contribution in [0.3, 0.4) is 0 Å². The van der Waals surface area contributed by atoms with Crippen LogP contribution < -0.4 is 19.9 Å². The lowest BCUT2D eigenvalue weighted by Crippen LogP contribution is -3.27. The lowest BCUT2D eigenvalue weighted by Gasteiger charge is -2.32. The minimum atomic E-state index is -0.231. The van der Waals surface area contributed by atoms with Gasteiger partial charge in [0, 0.05) is 11.3 Å². The third kappa shape index (κ3) is 4.36. The van der Waals surface area contributed by atoms with Crippen LogP contribution in [0, 0.1) is 0 Å². The number of halogens is 1. The summed E-state index contributed by atoms with van der Waals surface area (Å²) in [5, 5.41) is 3.52. The summed E-state index contributed by atoms with van der Waals surface area (Å²) >= 11 is 6.19. The molecule has 3 N–H and O–H groups in total. The van der Waals surface area contributed by atoms with Gasteiger partial charge in [-0.2, -0.15) is 0 Å². The molecule has 5 nitrogen and oxygen atoms in total. The number of amides is 1. The number of methoxy groups -OCH3 is 1. The Morgan fingerprint density at radius 2 is 1.81 bits per heavy atom. The number of quaternary nitrogens is 2. The van der Waals surface area contributed by atoms with Crippen molar-refractivity contribution in [3.63, 3.8) is 0 Å². The summed E-state index contributed by atoms with van der Waals surface area (Å²) in [6.07, 6.45) is 0. The molecule has 3 rings (SSSR count). The Morgan fingerprint density at radius 3 is 2.42 bits per heavy atom. The molecule has 138 valence electrons. The van der Waals surface area contributed by atoms with Crippen LogP contribution in [-0.2, 0) is 4.79 Å². The van der Waals surface area contributed by atoms with Crippen molar-refractivity contribution in [2.45, 2.75) is 6.04 Å². The first-order chi connectivity index (χ1) is 12.6. The quantitative estimate of drug-likeness (QED) is 0.710.